The molecule has 2 aromatic heterocycles. The maximum atomic E-state index is 6.04. The van der Waals surface area contributed by atoms with Crippen molar-refractivity contribution in [2.45, 2.75) is 9.37 Å². The number of hydrogen-bond donors (Lipinski definition) is 1. The second kappa shape index (κ2) is 5.18. The van der Waals surface area contributed by atoms with Crippen molar-refractivity contribution < 1.29 is 0 Å². The molecule has 8 heteroatoms. The highest BCUT2D eigenvalue weighted by molar-refractivity contribution is 8.01. The van der Waals surface area contributed by atoms with Gasteiger partial charge in [0.25, 0.3) is 0 Å². The molecule has 16 heavy (non-hydrogen) atoms. The van der Waals surface area contributed by atoms with Gasteiger partial charge in [-0.25, -0.2) is 9.97 Å². The molecule has 0 atom stereocenters. The highest BCUT2D eigenvalue weighted by atomic mass is 35.5. The summed E-state index contributed by atoms with van der Waals surface area (Å²) in [6.07, 6.45) is 1.50. The topological polar surface area (TPSA) is 50.7 Å². The van der Waals surface area contributed by atoms with Gasteiger partial charge in [0.05, 0.1) is 10.0 Å². The largest absolute Gasteiger partial charge is 0.372 e. The van der Waals surface area contributed by atoms with Crippen LogP contribution in [0, 0.1) is 0 Å². The predicted molar refractivity (Wildman–Crippen MR) is 67.8 cm³/mol. The van der Waals surface area contributed by atoms with Crippen molar-refractivity contribution in [3.8, 4) is 0 Å². The van der Waals surface area contributed by atoms with E-state index in [2.05, 4.69) is 19.7 Å². The van der Waals surface area contributed by atoms with Gasteiger partial charge in [0.2, 0.25) is 0 Å². The zero-order valence-corrected chi connectivity index (χ0v) is 11.2. The second-order valence-electron chi connectivity index (χ2n) is 2.67. The number of rotatable bonds is 3. The normalized spacial score (nSPS) is 10.4. The van der Waals surface area contributed by atoms with Crippen molar-refractivity contribution >= 4 is 52.3 Å². The van der Waals surface area contributed by atoms with Crippen LogP contribution >= 0.6 is 46.5 Å². The minimum atomic E-state index is 0.495. The Bertz CT molecular complexity index is 489. The molecular weight excluding hydrogens is 287 g/mol. The van der Waals surface area contributed by atoms with E-state index in [9.17, 15) is 0 Å². The van der Waals surface area contributed by atoms with Gasteiger partial charge in [0.15, 0.2) is 4.34 Å². The molecule has 4 nitrogen and oxygen atoms in total. The Hall–Kier alpha value is -0.560. The minimum Gasteiger partial charge on any atom is -0.372 e. The minimum absolute atomic E-state index is 0.495. The van der Waals surface area contributed by atoms with Gasteiger partial charge in [-0.15, -0.1) is 0 Å². The molecule has 0 aliphatic carbocycles. The maximum Gasteiger partial charge on any atom is 0.176 e. The summed E-state index contributed by atoms with van der Waals surface area (Å²) in [4.78, 5) is 8.34. The van der Waals surface area contributed by atoms with Gasteiger partial charge in [-0.1, -0.05) is 23.2 Å². The number of anilines is 1. The molecule has 0 bridgehead atoms. The standard InChI is InChI=1S/C8H6Cl2N4S2/c1-11-6-4(9)2-5(10)7(14-6)15-8-12-3-13-16-8/h2-3H,1H3,(H,11,14). The fraction of sp³-hybridized carbons (Fsp3) is 0.125. The van der Waals surface area contributed by atoms with Crippen LogP contribution in [0.15, 0.2) is 21.8 Å². The van der Waals surface area contributed by atoms with Crippen LogP contribution in [0.25, 0.3) is 0 Å². The first kappa shape index (κ1) is 11.9. The third kappa shape index (κ3) is 2.57. The number of aromatic nitrogens is 3. The van der Waals surface area contributed by atoms with Gasteiger partial charge in [-0.2, -0.15) is 4.37 Å². The number of hydrogen-bond acceptors (Lipinski definition) is 6. The van der Waals surface area contributed by atoms with Crippen molar-refractivity contribution in [2.75, 3.05) is 12.4 Å². The molecule has 0 unspecified atom stereocenters. The third-order valence-electron chi connectivity index (χ3n) is 1.66. The third-order valence-corrected chi connectivity index (χ3v) is 4.07. The number of nitrogens with one attached hydrogen (secondary N) is 1. The Morgan fingerprint density at radius 3 is 2.81 bits per heavy atom. The lowest BCUT2D eigenvalue weighted by Gasteiger charge is -2.06. The van der Waals surface area contributed by atoms with Gasteiger partial charge >= 0.3 is 0 Å². The maximum absolute atomic E-state index is 6.04. The van der Waals surface area contributed by atoms with Gasteiger partial charge < -0.3 is 5.32 Å². The van der Waals surface area contributed by atoms with Crippen LogP contribution in [0.3, 0.4) is 0 Å². The SMILES string of the molecule is CNc1nc(Sc2ncns2)c(Cl)cc1Cl. The first-order valence-electron chi connectivity index (χ1n) is 4.19. The molecule has 1 N–H and O–H groups in total. The van der Waals surface area contributed by atoms with E-state index in [1.165, 1.54) is 29.6 Å². The van der Waals surface area contributed by atoms with E-state index in [0.717, 1.165) is 4.34 Å². The Balaban J connectivity index is 2.33. The summed E-state index contributed by atoms with van der Waals surface area (Å²) in [5, 5.41) is 4.55. The summed E-state index contributed by atoms with van der Waals surface area (Å²) < 4.78 is 4.70. The molecule has 0 spiro atoms. The monoisotopic (exact) mass is 292 g/mol. The van der Waals surface area contributed by atoms with Crippen molar-refractivity contribution in [1.82, 2.24) is 14.3 Å². The number of pyridine rings is 1. The van der Waals surface area contributed by atoms with Crippen LogP contribution in [-0.2, 0) is 0 Å². The summed E-state index contributed by atoms with van der Waals surface area (Å²) >= 11 is 14.6. The lowest BCUT2D eigenvalue weighted by molar-refractivity contribution is 1.12. The van der Waals surface area contributed by atoms with Crippen molar-refractivity contribution in [2.24, 2.45) is 0 Å². The molecular formula is C8H6Cl2N4S2. The summed E-state index contributed by atoms with van der Waals surface area (Å²) in [6, 6.07) is 1.66. The fourth-order valence-electron chi connectivity index (χ4n) is 0.987. The van der Waals surface area contributed by atoms with Crippen LogP contribution in [0.4, 0.5) is 5.82 Å². The van der Waals surface area contributed by atoms with E-state index in [4.69, 9.17) is 23.2 Å². The molecule has 0 aromatic carbocycles. The summed E-state index contributed by atoms with van der Waals surface area (Å²) in [5.74, 6) is 0.595. The molecule has 2 aromatic rings. The van der Waals surface area contributed by atoms with E-state index in [1.807, 2.05) is 0 Å². The molecule has 0 aliphatic heterocycles. The lowest BCUT2D eigenvalue weighted by Crippen LogP contribution is -1.95. The van der Waals surface area contributed by atoms with Gasteiger partial charge in [-0.3, -0.25) is 0 Å². The molecule has 0 amide bonds. The fourth-order valence-corrected chi connectivity index (χ4v) is 2.91. The zero-order chi connectivity index (χ0) is 11.5. The van der Waals surface area contributed by atoms with E-state index >= 15 is 0 Å². The Kier molecular flexibility index (Phi) is 3.86. The lowest BCUT2D eigenvalue weighted by atomic mass is 10.4. The average molecular weight is 293 g/mol. The van der Waals surface area contributed by atoms with Gasteiger partial charge in [0.1, 0.15) is 17.2 Å². The van der Waals surface area contributed by atoms with Crippen LogP contribution in [-0.4, -0.2) is 21.4 Å². The number of halogens is 2. The predicted octanol–water partition coefficient (Wildman–Crippen LogP) is 3.43. The molecule has 0 aliphatic rings. The van der Waals surface area contributed by atoms with E-state index < -0.39 is 0 Å². The van der Waals surface area contributed by atoms with Gasteiger partial charge in [0, 0.05) is 7.05 Å². The van der Waals surface area contributed by atoms with E-state index in [0.29, 0.717) is 20.9 Å². The first-order chi connectivity index (χ1) is 7.70. The molecule has 84 valence electrons. The smallest absolute Gasteiger partial charge is 0.176 e. The Morgan fingerprint density at radius 2 is 2.19 bits per heavy atom. The Labute approximate surface area is 111 Å². The molecule has 0 saturated heterocycles. The van der Waals surface area contributed by atoms with Crippen LogP contribution in [0.2, 0.25) is 10.0 Å². The second-order valence-corrected chi connectivity index (χ2v) is 5.50. The summed E-state index contributed by atoms with van der Waals surface area (Å²) in [7, 11) is 1.75. The van der Waals surface area contributed by atoms with Gasteiger partial charge in [-0.05, 0) is 29.4 Å². The quantitative estimate of drug-likeness (QED) is 0.939. The van der Waals surface area contributed by atoms with E-state index in [-0.39, 0.29) is 0 Å². The van der Waals surface area contributed by atoms with Crippen molar-refractivity contribution in [3.05, 3.63) is 22.4 Å². The zero-order valence-electron chi connectivity index (χ0n) is 8.07. The van der Waals surface area contributed by atoms with E-state index in [1.54, 1.807) is 13.1 Å². The summed E-state index contributed by atoms with van der Waals surface area (Å²) in [5.41, 5.74) is 0. The molecule has 0 radical (unpaired) electrons. The van der Waals surface area contributed by atoms with Crippen LogP contribution in [0.1, 0.15) is 0 Å². The average Bonchev–Trinajstić information content (AvgIpc) is 2.75. The Morgan fingerprint density at radius 1 is 1.38 bits per heavy atom. The number of nitrogens with zero attached hydrogens (tertiary/aromatic N) is 3. The molecule has 0 saturated carbocycles. The highest BCUT2D eigenvalue weighted by Crippen LogP contribution is 2.35. The van der Waals surface area contributed by atoms with Crippen LogP contribution < -0.4 is 5.32 Å². The summed E-state index contributed by atoms with van der Waals surface area (Å²) in [6.45, 7) is 0. The first-order valence-corrected chi connectivity index (χ1v) is 6.53. The highest BCUT2D eigenvalue weighted by Gasteiger charge is 2.11. The molecule has 0 fully saturated rings. The molecule has 2 rings (SSSR count). The van der Waals surface area contributed by atoms with Crippen molar-refractivity contribution in [1.29, 1.82) is 0 Å². The molecule has 2 heterocycles. The van der Waals surface area contributed by atoms with Crippen LogP contribution in [0.5, 0.6) is 0 Å². The van der Waals surface area contributed by atoms with Crippen molar-refractivity contribution in [3.63, 3.8) is 0 Å².